The topological polar surface area (TPSA) is 59.1 Å². The first-order valence-corrected chi connectivity index (χ1v) is 9.82. The molecule has 0 radical (unpaired) electrons. The molecule has 2 heterocycles. The number of hydrogen-bond donors (Lipinski definition) is 0. The van der Waals surface area contributed by atoms with E-state index in [0.717, 1.165) is 38.6 Å². The summed E-state index contributed by atoms with van der Waals surface area (Å²) in [5.41, 5.74) is -0.335. The number of carbonyl (C=O) groups is 2. The summed E-state index contributed by atoms with van der Waals surface area (Å²) in [5, 5.41) is 0. The molecule has 1 saturated carbocycles. The zero-order valence-electron chi connectivity index (χ0n) is 15.5. The van der Waals surface area contributed by atoms with Crippen molar-refractivity contribution in [1.29, 1.82) is 0 Å². The fourth-order valence-electron chi connectivity index (χ4n) is 4.70. The van der Waals surface area contributed by atoms with E-state index < -0.39 is 0 Å². The van der Waals surface area contributed by atoms with Gasteiger partial charge in [0.25, 0.3) is 0 Å². The predicted molar refractivity (Wildman–Crippen MR) is 94.1 cm³/mol. The Labute approximate surface area is 150 Å². The highest BCUT2D eigenvalue weighted by molar-refractivity contribution is 5.86. The van der Waals surface area contributed by atoms with Crippen LogP contribution in [0.3, 0.4) is 0 Å². The normalized spacial score (nSPS) is 28.1. The molecule has 0 bridgehead atoms. The van der Waals surface area contributed by atoms with Crippen molar-refractivity contribution < 1.29 is 19.1 Å². The number of amides is 2. The predicted octanol–water partition coefficient (Wildman–Crippen LogP) is 1.82. The van der Waals surface area contributed by atoms with Gasteiger partial charge in [-0.15, -0.1) is 0 Å². The zero-order valence-corrected chi connectivity index (χ0v) is 15.5. The van der Waals surface area contributed by atoms with Gasteiger partial charge in [0.05, 0.1) is 18.6 Å². The largest absolute Gasteiger partial charge is 0.382 e. The third-order valence-electron chi connectivity index (χ3n) is 6.15. The minimum atomic E-state index is -0.335. The highest BCUT2D eigenvalue weighted by atomic mass is 16.5. The molecule has 0 aromatic rings. The van der Waals surface area contributed by atoms with Gasteiger partial charge < -0.3 is 19.3 Å². The van der Waals surface area contributed by atoms with Crippen LogP contribution in [0.1, 0.15) is 51.4 Å². The van der Waals surface area contributed by atoms with Crippen molar-refractivity contribution in [2.24, 2.45) is 5.41 Å². The number of likely N-dealkylation sites (tertiary alicyclic amines) is 2. The number of rotatable bonds is 6. The van der Waals surface area contributed by atoms with Gasteiger partial charge in [0.15, 0.2) is 0 Å². The van der Waals surface area contributed by atoms with Gasteiger partial charge in [-0.25, -0.2) is 0 Å². The molecule has 2 amide bonds. The van der Waals surface area contributed by atoms with Crippen LogP contribution in [0.5, 0.6) is 0 Å². The maximum atomic E-state index is 13.3. The second-order valence-corrected chi connectivity index (χ2v) is 7.78. The molecule has 2 aliphatic heterocycles. The van der Waals surface area contributed by atoms with Crippen molar-refractivity contribution in [3.05, 3.63) is 0 Å². The molecule has 0 N–H and O–H groups in total. The van der Waals surface area contributed by atoms with Gasteiger partial charge in [-0.3, -0.25) is 9.59 Å². The first-order valence-electron chi connectivity index (χ1n) is 9.82. The summed E-state index contributed by atoms with van der Waals surface area (Å²) in [5.74, 6) is 0.303. The minimum absolute atomic E-state index is 0.00410. The van der Waals surface area contributed by atoms with Crippen LogP contribution in [0.15, 0.2) is 0 Å². The molecule has 6 nitrogen and oxygen atoms in total. The van der Waals surface area contributed by atoms with Crippen LogP contribution >= 0.6 is 0 Å². The van der Waals surface area contributed by atoms with Gasteiger partial charge >= 0.3 is 0 Å². The fourth-order valence-corrected chi connectivity index (χ4v) is 4.70. The van der Waals surface area contributed by atoms with Crippen LogP contribution in [-0.4, -0.2) is 74.2 Å². The van der Waals surface area contributed by atoms with Crippen molar-refractivity contribution in [2.45, 2.75) is 57.4 Å². The molecular formula is C19H32N2O4. The van der Waals surface area contributed by atoms with Crippen LogP contribution < -0.4 is 0 Å². The Balaban J connectivity index is 1.56. The summed E-state index contributed by atoms with van der Waals surface area (Å²) in [4.78, 5) is 29.6. The summed E-state index contributed by atoms with van der Waals surface area (Å²) in [7, 11) is 1.61. The van der Waals surface area contributed by atoms with Gasteiger partial charge in [-0.2, -0.15) is 0 Å². The van der Waals surface area contributed by atoms with Crippen molar-refractivity contribution >= 4 is 11.8 Å². The van der Waals surface area contributed by atoms with Crippen LogP contribution in [0, 0.1) is 5.41 Å². The summed E-state index contributed by atoms with van der Waals surface area (Å²) < 4.78 is 10.3. The van der Waals surface area contributed by atoms with Gasteiger partial charge in [0.1, 0.15) is 6.61 Å². The number of piperidine rings is 1. The highest BCUT2D eigenvalue weighted by Crippen LogP contribution is 2.42. The summed E-state index contributed by atoms with van der Waals surface area (Å²) >= 11 is 0. The molecule has 2 saturated heterocycles. The molecule has 1 unspecified atom stereocenters. The zero-order chi connectivity index (χ0) is 17.7. The third-order valence-corrected chi connectivity index (χ3v) is 6.15. The molecule has 142 valence electrons. The Morgan fingerprint density at radius 3 is 2.68 bits per heavy atom. The minimum Gasteiger partial charge on any atom is -0.382 e. The monoisotopic (exact) mass is 352 g/mol. The molecule has 3 fully saturated rings. The quantitative estimate of drug-likeness (QED) is 0.684. The molecule has 6 heteroatoms. The molecule has 1 atom stereocenters. The van der Waals surface area contributed by atoms with Gasteiger partial charge in [0, 0.05) is 32.8 Å². The van der Waals surface area contributed by atoms with Gasteiger partial charge in [-0.05, 0) is 32.1 Å². The standard InChI is InChI=1S/C19H32N2O4/c1-24-12-13-25-14-17(22)20-11-9-19(15-20)8-5-10-21(18(19)23)16-6-3-2-4-7-16/h16H,2-15H2,1H3. The Morgan fingerprint density at radius 1 is 1.12 bits per heavy atom. The van der Waals surface area contributed by atoms with Crippen molar-refractivity contribution in [3.8, 4) is 0 Å². The third kappa shape index (κ3) is 4.17. The lowest BCUT2D eigenvalue weighted by Crippen LogP contribution is -2.54. The smallest absolute Gasteiger partial charge is 0.248 e. The first-order chi connectivity index (χ1) is 12.2. The summed E-state index contributed by atoms with van der Waals surface area (Å²) in [6, 6.07) is 0.431. The Bertz CT molecular complexity index is 478. The molecule has 3 rings (SSSR count). The molecule has 0 aromatic carbocycles. The first kappa shape index (κ1) is 18.6. The number of ether oxygens (including phenoxy) is 2. The lowest BCUT2D eigenvalue weighted by atomic mass is 9.77. The number of methoxy groups -OCH3 is 1. The molecule has 3 aliphatic rings. The molecule has 0 aromatic heterocycles. The number of carbonyl (C=O) groups excluding carboxylic acids is 2. The van der Waals surface area contributed by atoms with E-state index >= 15 is 0 Å². The average Bonchev–Trinajstić information content (AvgIpc) is 3.07. The number of nitrogens with zero attached hydrogens (tertiary/aromatic N) is 2. The van der Waals surface area contributed by atoms with Crippen LogP contribution in [0.4, 0.5) is 0 Å². The van der Waals surface area contributed by atoms with E-state index in [1.54, 1.807) is 7.11 Å². The van der Waals surface area contributed by atoms with E-state index in [1.807, 2.05) is 4.90 Å². The van der Waals surface area contributed by atoms with Crippen molar-refractivity contribution in [3.63, 3.8) is 0 Å². The van der Waals surface area contributed by atoms with E-state index in [4.69, 9.17) is 9.47 Å². The van der Waals surface area contributed by atoms with E-state index in [1.165, 1.54) is 19.3 Å². The number of hydrogen-bond acceptors (Lipinski definition) is 4. The molecule has 1 aliphatic carbocycles. The van der Waals surface area contributed by atoms with Crippen molar-refractivity contribution in [2.75, 3.05) is 46.6 Å². The Kier molecular flexibility index (Phi) is 6.34. The lowest BCUT2D eigenvalue weighted by molar-refractivity contribution is -0.150. The van der Waals surface area contributed by atoms with Crippen LogP contribution in [0.25, 0.3) is 0 Å². The van der Waals surface area contributed by atoms with Crippen LogP contribution in [-0.2, 0) is 19.1 Å². The van der Waals surface area contributed by atoms with Gasteiger partial charge in [0.2, 0.25) is 11.8 Å². The highest BCUT2D eigenvalue weighted by Gasteiger charge is 2.50. The molecule has 1 spiro atoms. The van der Waals surface area contributed by atoms with E-state index in [9.17, 15) is 9.59 Å². The van der Waals surface area contributed by atoms with Crippen molar-refractivity contribution in [1.82, 2.24) is 9.80 Å². The second kappa shape index (κ2) is 8.49. The van der Waals surface area contributed by atoms with Gasteiger partial charge in [-0.1, -0.05) is 19.3 Å². The van der Waals surface area contributed by atoms with E-state index in [0.29, 0.717) is 38.3 Å². The SMILES string of the molecule is COCCOCC(=O)N1CCC2(CCCN(C3CCCCC3)C2=O)C1. The average molecular weight is 352 g/mol. The lowest BCUT2D eigenvalue weighted by Gasteiger charge is -2.44. The van der Waals surface area contributed by atoms with Crippen LogP contribution in [0.2, 0.25) is 0 Å². The fraction of sp³-hybridized carbons (Fsp3) is 0.895. The van der Waals surface area contributed by atoms with E-state index in [2.05, 4.69) is 4.90 Å². The summed E-state index contributed by atoms with van der Waals surface area (Å²) in [6.45, 7) is 3.15. The molecule has 25 heavy (non-hydrogen) atoms. The Morgan fingerprint density at radius 2 is 1.92 bits per heavy atom. The second-order valence-electron chi connectivity index (χ2n) is 7.78. The molecular weight excluding hydrogens is 320 g/mol. The maximum Gasteiger partial charge on any atom is 0.248 e. The maximum absolute atomic E-state index is 13.3. The van der Waals surface area contributed by atoms with E-state index in [-0.39, 0.29) is 17.9 Å². The summed E-state index contributed by atoms with van der Waals surface area (Å²) in [6.07, 6.45) is 8.87. The Hall–Kier alpha value is -1.14.